The van der Waals surface area contributed by atoms with Gasteiger partial charge >= 0.3 is 11.6 Å². The van der Waals surface area contributed by atoms with E-state index in [9.17, 15) is 14.4 Å². The summed E-state index contributed by atoms with van der Waals surface area (Å²) in [5.41, 5.74) is 2.23. The van der Waals surface area contributed by atoms with Gasteiger partial charge in [-0.25, -0.2) is 14.6 Å². The highest BCUT2D eigenvalue weighted by Gasteiger charge is 2.15. The minimum absolute atomic E-state index is 0.0894. The summed E-state index contributed by atoms with van der Waals surface area (Å²) in [4.78, 5) is 41.5. The Balaban J connectivity index is 1.51. The first-order chi connectivity index (χ1) is 16.0. The third kappa shape index (κ3) is 3.57. The Morgan fingerprint density at radius 3 is 2.70 bits per heavy atom. The van der Waals surface area contributed by atoms with E-state index < -0.39 is 11.6 Å². The van der Waals surface area contributed by atoms with Crippen LogP contribution in [0, 0.1) is 6.92 Å². The van der Waals surface area contributed by atoms with Crippen molar-refractivity contribution in [3.63, 3.8) is 0 Å². The quantitative estimate of drug-likeness (QED) is 0.235. The number of aromatic nitrogens is 2. The maximum atomic E-state index is 12.8. The number of aryl methyl sites for hydroxylation is 2. The number of hydrogen-bond donors (Lipinski definition) is 0. The van der Waals surface area contributed by atoms with Gasteiger partial charge in [-0.05, 0) is 48.9 Å². The van der Waals surface area contributed by atoms with Gasteiger partial charge < -0.3 is 13.7 Å². The molecule has 0 bridgehead atoms. The summed E-state index contributed by atoms with van der Waals surface area (Å²) >= 11 is 0. The van der Waals surface area contributed by atoms with Crippen LogP contribution >= 0.6 is 0 Å². The highest BCUT2D eigenvalue weighted by Crippen LogP contribution is 2.28. The second kappa shape index (κ2) is 8.02. The molecule has 0 unspecified atom stereocenters. The summed E-state index contributed by atoms with van der Waals surface area (Å²) in [5, 5.41) is 2.64. The van der Waals surface area contributed by atoms with Gasteiger partial charge in [-0.1, -0.05) is 30.3 Å². The van der Waals surface area contributed by atoms with E-state index in [4.69, 9.17) is 9.15 Å². The molecule has 2 aromatic heterocycles. The fourth-order valence-electron chi connectivity index (χ4n) is 4.18. The van der Waals surface area contributed by atoms with Crippen molar-refractivity contribution in [3.05, 3.63) is 98.3 Å². The molecule has 7 nitrogen and oxygen atoms in total. The zero-order chi connectivity index (χ0) is 23.1. The van der Waals surface area contributed by atoms with E-state index in [1.54, 1.807) is 35.8 Å². The van der Waals surface area contributed by atoms with Crippen LogP contribution in [0.1, 0.15) is 28.5 Å². The molecule has 0 aliphatic rings. The Morgan fingerprint density at radius 1 is 1.06 bits per heavy atom. The van der Waals surface area contributed by atoms with Crippen molar-refractivity contribution in [2.45, 2.75) is 27.0 Å². The summed E-state index contributed by atoms with van der Waals surface area (Å²) in [5.74, 6) is -0.549. The van der Waals surface area contributed by atoms with Crippen LogP contribution < -0.4 is 11.2 Å². The number of carbonyl (C=O) groups excluding carboxylic acids is 1. The van der Waals surface area contributed by atoms with Gasteiger partial charge in [-0.3, -0.25) is 4.79 Å². The number of hydrogen-bond acceptors (Lipinski definition) is 6. The molecule has 5 rings (SSSR count). The van der Waals surface area contributed by atoms with Gasteiger partial charge in [0.25, 0.3) is 5.56 Å². The maximum absolute atomic E-state index is 12.8. The number of rotatable bonds is 4. The van der Waals surface area contributed by atoms with Gasteiger partial charge in [0.1, 0.15) is 17.9 Å². The molecule has 164 valence electrons. The van der Waals surface area contributed by atoms with Gasteiger partial charge in [0.2, 0.25) is 0 Å². The molecule has 0 spiro atoms. The monoisotopic (exact) mass is 440 g/mol. The van der Waals surface area contributed by atoms with Gasteiger partial charge in [0, 0.05) is 23.6 Å². The van der Waals surface area contributed by atoms with Gasteiger partial charge in [0.05, 0.1) is 16.6 Å². The van der Waals surface area contributed by atoms with Crippen molar-refractivity contribution in [3.8, 4) is 0 Å². The Kier molecular flexibility index (Phi) is 5.01. The Morgan fingerprint density at radius 2 is 1.88 bits per heavy atom. The minimum atomic E-state index is -0.549. The number of benzene rings is 3. The highest BCUT2D eigenvalue weighted by molar-refractivity contribution is 6.07. The minimum Gasteiger partial charge on any atom is -0.457 e. The van der Waals surface area contributed by atoms with Crippen molar-refractivity contribution in [2.75, 3.05) is 0 Å². The lowest BCUT2D eigenvalue weighted by Crippen LogP contribution is -2.23. The van der Waals surface area contributed by atoms with E-state index in [0.29, 0.717) is 40.0 Å². The lowest BCUT2D eigenvalue weighted by molar-refractivity contribution is 0.0474. The SMILES string of the molecule is CCn1c(=O)c(C)nc2cc(C(=O)OCc3cc(=O)oc4ccc5ccccc5c34)ccc21. The molecule has 0 aliphatic heterocycles. The van der Waals surface area contributed by atoms with Crippen molar-refractivity contribution < 1.29 is 13.9 Å². The molecule has 0 saturated heterocycles. The van der Waals surface area contributed by atoms with Crippen molar-refractivity contribution in [1.82, 2.24) is 9.55 Å². The van der Waals surface area contributed by atoms with E-state index in [1.165, 1.54) is 6.07 Å². The first-order valence-electron chi connectivity index (χ1n) is 10.6. The summed E-state index contributed by atoms with van der Waals surface area (Å²) in [6.07, 6.45) is 0. The molecule has 0 aliphatic carbocycles. The van der Waals surface area contributed by atoms with E-state index in [0.717, 1.165) is 16.2 Å². The number of fused-ring (bicyclic) bond motifs is 4. The first-order valence-corrected chi connectivity index (χ1v) is 10.6. The third-order valence-electron chi connectivity index (χ3n) is 5.73. The average molecular weight is 440 g/mol. The summed E-state index contributed by atoms with van der Waals surface area (Å²) in [6.45, 7) is 3.94. The van der Waals surface area contributed by atoms with Crippen LogP contribution in [0.25, 0.3) is 32.8 Å². The van der Waals surface area contributed by atoms with Crippen molar-refractivity contribution in [2.24, 2.45) is 0 Å². The lowest BCUT2D eigenvalue weighted by Gasteiger charge is -2.11. The fourth-order valence-corrected chi connectivity index (χ4v) is 4.18. The van der Waals surface area contributed by atoms with Gasteiger partial charge in [-0.2, -0.15) is 0 Å². The van der Waals surface area contributed by atoms with E-state index >= 15 is 0 Å². The smallest absolute Gasteiger partial charge is 0.338 e. The molecule has 33 heavy (non-hydrogen) atoms. The highest BCUT2D eigenvalue weighted by atomic mass is 16.5. The maximum Gasteiger partial charge on any atom is 0.338 e. The second-order valence-corrected chi connectivity index (χ2v) is 7.78. The molecule has 0 saturated carbocycles. The molecule has 7 heteroatoms. The molecule has 0 radical (unpaired) electrons. The third-order valence-corrected chi connectivity index (χ3v) is 5.73. The molecule has 0 fully saturated rings. The normalized spacial score (nSPS) is 11.3. The Hall–Kier alpha value is -4.26. The molecule has 3 aromatic carbocycles. The van der Waals surface area contributed by atoms with Crippen LogP contribution in [-0.2, 0) is 17.9 Å². The van der Waals surface area contributed by atoms with E-state index in [2.05, 4.69) is 4.98 Å². The summed E-state index contributed by atoms with van der Waals surface area (Å²) in [6, 6.07) is 17.7. The molecule has 0 amide bonds. The van der Waals surface area contributed by atoms with Crippen LogP contribution in [0.5, 0.6) is 0 Å². The molecule has 5 aromatic rings. The first kappa shape index (κ1) is 20.6. The van der Waals surface area contributed by atoms with Gasteiger partial charge in [-0.15, -0.1) is 0 Å². The number of carbonyl (C=O) groups is 1. The molecule has 0 N–H and O–H groups in total. The number of ether oxygens (including phenoxy) is 1. The van der Waals surface area contributed by atoms with E-state index in [1.807, 2.05) is 37.3 Å². The van der Waals surface area contributed by atoms with Crippen LogP contribution in [0.15, 0.2) is 74.7 Å². The standard InChI is InChI=1S/C26H20N2O5/c1-3-28-21-10-8-17(12-20(21)27-15(2)25(28)30)26(31)32-14-18-13-23(29)33-22-11-9-16-6-4-5-7-19(16)24(18)22/h4-13H,3,14H2,1-2H3. The fraction of sp³-hybridized carbons (Fsp3) is 0.154. The van der Waals surface area contributed by atoms with Gasteiger partial charge in [0.15, 0.2) is 0 Å². The predicted octanol–water partition coefficient (Wildman–Crippen LogP) is 4.34. The Bertz CT molecular complexity index is 1680. The molecular formula is C26H20N2O5. The summed E-state index contributed by atoms with van der Waals surface area (Å²) < 4.78 is 12.5. The number of esters is 1. The van der Waals surface area contributed by atoms with Crippen LogP contribution in [0.2, 0.25) is 0 Å². The van der Waals surface area contributed by atoms with Crippen LogP contribution in [-0.4, -0.2) is 15.5 Å². The number of nitrogens with zero attached hydrogens (tertiary/aromatic N) is 2. The molecular weight excluding hydrogens is 420 g/mol. The summed E-state index contributed by atoms with van der Waals surface area (Å²) in [7, 11) is 0. The average Bonchev–Trinajstić information content (AvgIpc) is 2.82. The zero-order valence-electron chi connectivity index (χ0n) is 18.1. The lowest BCUT2D eigenvalue weighted by atomic mass is 10.0. The molecule has 0 atom stereocenters. The second-order valence-electron chi connectivity index (χ2n) is 7.78. The largest absolute Gasteiger partial charge is 0.457 e. The predicted molar refractivity (Wildman–Crippen MR) is 126 cm³/mol. The van der Waals surface area contributed by atoms with Crippen LogP contribution in [0.4, 0.5) is 0 Å². The van der Waals surface area contributed by atoms with Crippen molar-refractivity contribution in [1.29, 1.82) is 0 Å². The molecule has 2 heterocycles. The Labute approximate surface area is 187 Å². The zero-order valence-corrected chi connectivity index (χ0v) is 18.1. The topological polar surface area (TPSA) is 91.4 Å². The van der Waals surface area contributed by atoms with Crippen LogP contribution in [0.3, 0.4) is 0 Å². The van der Waals surface area contributed by atoms with E-state index in [-0.39, 0.29) is 12.2 Å². The van der Waals surface area contributed by atoms with Crippen molar-refractivity contribution >= 4 is 38.7 Å².